The molecule has 0 aliphatic rings. The Labute approximate surface area is 91.8 Å². The molecule has 0 spiro atoms. The Bertz CT molecular complexity index is 504. The first kappa shape index (κ1) is 9.73. The average Bonchev–Trinajstić information content (AvgIpc) is 2.65. The molecule has 15 heavy (non-hydrogen) atoms. The van der Waals surface area contributed by atoms with E-state index in [-0.39, 0.29) is 5.84 Å². The predicted octanol–water partition coefficient (Wildman–Crippen LogP) is 1.81. The lowest BCUT2D eigenvalue weighted by atomic mass is 10.1. The van der Waals surface area contributed by atoms with Gasteiger partial charge in [0.1, 0.15) is 5.84 Å². The van der Waals surface area contributed by atoms with Crippen molar-refractivity contribution < 1.29 is 0 Å². The summed E-state index contributed by atoms with van der Waals surface area (Å²) in [7, 11) is 0. The van der Waals surface area contributed by atoms with Gasteiger partial charge in [-0.3, -0.25) is 5.41 Å². The molecule has 0 bridgehead atoms. The predicted molar refractivity (Wildman–Crippen MR) is 59.6 cm³/mol. The van der Waals surface area contributed by atoms with E-state index < -0.39 is 0 Å². The van der Waals surface area contributed by atoms with Crippen molar-refractivity contribution in [2.45, 2.75) is 0 Å². The van der Waals surface area contributed by atoms with E-state index in [1.54, 1.807) is 23.1 Å². The van der Waals surface area contributed by atoms with E-state index in [4.69, 9.17) is 22.7 Å². The van der Waals surface area contributed by atoms with E-state index in [2.05, 4.69) is 5.10 Å². The van der Waals surface area contributed by atoms with Gasteiger partial charge >= 0.3 is 0 Å². The van der Waals surface area contributed by atoms with Crippen molar-refractivity contribution in [3.8, 4) is 5.69 Å². The number of halogens is 1. The third kappa shape index (κ3) is 1.85. The Morgan fingerprint density at radius 3 is 2.73 bits per heavy atom. The third-order valence-electron chi connectivity index (χ3n) is 1.99. The summed E-state index contributed by atoms with van der Waals surface area (Å²) in [4.78, 5) is 0. The van der Waals surface area contributed by atoms with Crippen LogP contribution >= 0.6 is 11.6 Å². The summed E-state index contributed by atoms with van der Waals surface area (Å²) in [6.07, 6.45) is 3.21. The van der Waals surface area contributed by atoms with E-state index in [0.29, 0.717) is 10.6 Å². The van der Waals surface area contributed by atoms with Gasteiger partial charge in [-0.1, -0.05) is 23.7 Å². The van der Waals surface area contributed by atoms with Gasteiger partial charge in [-0.25, -0.2) is 4.68 Å². The van der Waals surface area contributed by atoms with Crippen molar-refractivity contribution in [1.29, 1.82) is 5.41 Å². The van der Waals surface area contributed by atoms with E-state index in [0.717, 1.165) is 5.69 Å². The maximum Gasteiger partial charge on any atom is 0.124 e. The Hall–Kier alpha value is -1.81. The summed E-state index contributed by atoms with van der Waals surface area (Å²) in [6.45, 7) is 0. The first-order valence-electron chi connectivity index (χ1n) is 4.32. The highest BCUT2D eigenvalue weighted by Crippen LogP contribution is 2.15. The quantitative estimate of drug-likeness (QED) is 0.599. The number of rotatable bonds is 2. The summed E-state index contributed by atoms with van der Waals surface area (Å²) in [5.41, 5.74) is 6.85. The van der Waals surface area contributed by atoms with Crippen LogP contribution in [0.3, 0.4) is 0 Å². The molecule has 0 aliphatic carbocycles. The highest BCUT2D eigenvalue weighted by molar-refractivity contribution is 6.30. The summed E-state index contributed by atoms with van der Waals surface area (Å²) in [6, 6.07) is 7.29. The molecule has 0 radical (unpaired) electrons. The molecular formula is C10H9ClN4. The minimum absolute atomic E-state index is 0.0113. The molecule has 0 fully saturated rings. The van der Waals surface area contributed by atoms with Crippen LogP contribution in [0.2, 0.25) is 5.02 Å². The van der Waals surface area contributed by atoms with Crippen molar-refractivity contribution in [3.63, 3.8) is 0 Å². The van der Waals surface area contributed by atoms with E-state index in [9.17, 15) is 0 Å². The van der Waals surface area contributed by atoms with Gasteiger partial charge in [0.2, 0.25) is 0 Å². The zero-order valence-electron chi connectivity index (χ0n) is 7.81. The second kappa shape index (κ2) is 3.74. The van der Waals surface area contributed by atoms with Crippen LogP contribution in [-0.4, -0.2) is 15.6 Å². The van der Waals surface area contributed by atoms with Crippen molar-refractivity contribution >= 4 is 17.4 Å². The van der Waals surface area contributed by atoms with Gasteiger partial charge in [0.15, 0.2) is 0 Å². The number of nitrogens with one attached hydrogen (secondary N) is 1. The van der Waals surface area contributed by atoms with Gasteiger partial charge in [-0.15, -0.1) is 0 Å². The Morgan fingerprint density at radius 2 is 2.13 bits per heavy atom. The molecule has 0 unspecified atom stereocenters. The lowest BCUT2D eigenvalue weighted by Crippen LogP contribution is -2.14. The van der Waals surface area contributed by atoms with Gasteiger partial charge in [0.05, 0.1) is 16.9 Å². The van der Waals surface area contributed by atoms with E-state index in [1.165, 1.54) is 0 Å². The van der Waals surface area contributed by atoms with Crippen LogP contribution in [0.4, 0.5) is 0 Å². The molecule has 0 saturated heterocycles. The largest absolute Gasteiger partial charge is 0.384 e. The fourth-order valence-corrected chi connectivity index (χ4v) is 1.47. The third-order valence-corrected chi connectivity index (χ3v) is 2.19. The lowest BCUT2D eigenvalue weighted by Gasteiger charge is -2.06. The first-order valence-corrected chi connectivity index (χ1v) is 4.70. The molecule has 2 aromatic rings. The average molecular weight is 221 g/mol. The smallest absolute Gasteiger partial charge is 0.124 e. The van der Waals surface area contributed by atoms with E-state index in [1.807, 2.05) is 18.2 Å². The fourth-order valence-electron chi connectivity index (χ4n) is 1.33. The number of hydrogen-bond donors (Lipinski definition) is 2. The van der Waals surface area contributed by atoms with Crippen LogP contribution in [0.15, 0.2) is 36.7 Å². The van der Waals surface area contributed by atoms with Gasteiger partial charge < -0.3 is 5.73 Å². The second-order valence-electron chi connectivity index (χ2n) is 3.03. The molecule has 3 N–H and O–H groups in total. The molecule has 76 valence electrons. The molecule has 5 heteroatoms. The monoisotopic (exact) mass is 220 g/mol. The van der Waals surface area contributed by atoms with Crippen LogP contribution in [0.1, 0.15) is 5.56 Å². The molecule has 2 rings (SSSR count). The van der Waals surface area contributed by atoms with Crippen LogP contribution < -0.4 is 5.73 Å². The van der Waals surface area contributed by atoms with Crippen molar-refractivity contribution in [2.75, 3.05) is 0 Å². The molecule has 0 saturated carbocycles. The summed E-state index contributed by atoms with van der Waals surface area (Å²) >= 11 is 5.77. The van der Waals surface area contributed by atoms with Crippen molar-refractivity contribution in [2.24, 2.45) is 5.73 Å². The number of hydrogen-bond acceptors (Lipinski definition) is 2. The minimum atomic E-state index is 0.0113. The summed E-state index contributed by atoms with van der Waals surface area (Å²) in [5, 5.41) is 12.0. The molecule has 0 amide bonds. The molecule has 1 aromatic heterocycles. The maximum atomic E-state index is 7.44. The van der Waals surface area contributed by atoms with Crippen molar-refractivity contribution in [3.05, 3.63) is 47.2 Å². The zero-order valence-corrected chi connectivity index (χ0v) is 8.57. The van der Waals surface area contributed by atoms with Crippen LogP contribution in [0.5, 0.6) is 0 Å². The summed E-state index contributed by atoms with van der Waals surface area (Å²) in [5.74, 6) is 0.0113. The minimum Gasteiger partial charge on any atom is -0.384 e. The number of aromatic nitrogens is 2. The lowest BCUT2D eigenvalue weighted by molar-refractivity contribution is 0.878. The zero-order chi connectivity index (χ0) is 10.8. The van der Waals surface area contributed by atoms with Gasteiger partial charge in [-0.05, 0) is 12.1 Å². The molecule has 1 heterocycles. The highest BCUT2D eigenvalue weighted by atomic mass is 35.5. The summed E-state index contributed by atoms with van der Waals surface area (Å²) < 4.78 is 1.60. The molecule has 0 atom stereocenters. The fraction of sp³-hybridized carbons (Fsp3) is 0. The normalized spacial score (nSPS) is 10.2. The van der Waals surface area contributed by atoms with Gasteiger partial charge in [0, 0.05) is 11.8 Å². The maximum absolute atomic E-state index is 7.44. The Morgan fingerprint density at radius 1 is 1.40 bits per heavy atom. The Kier molecular flexibility index (Phi) is 2.43. The van der Waals surface area contributed by atoms with Crippen molar-refractivity contribution in [1.82, 2.24) is 9.78 Å². The number of nitrogens with zero attached hydrogens (tertiary/aromatic N) is 2. The molecule has 0 aliphatic heterocycles. The van der Waals surface area contributed by atoms with Crippen LogP contribution in [-0.2, 0) is 0 Å². The standard InChI is InChI=1S/C10H9ClN4/c11-7-5-14-15(6-7)9-4-2-1-3-8(9)10(12)13/h1-6H,(H3,12,13). The number of para-hydroxylation sites is 1. The number of nitrogens with two attached hydrogens (primary N) is 1. The first-order chi connectivity index (χ1) is 7.18. The SMILES string of the molecule is N=C(N)c1ccccc1-n1cc(Cl)cn1. The second-order valence-corrected chi connectivity index (χ2v) is 3.47. The van der Waals surface area contributed by atoms with Crippen LogP contribution in [0.25, 0.3) is 5.69 Å². The molecule has 4 nitrogen and oxygen atoms in total. The number of benzene rings is 1. The van der Waals surface area contributed by atoms with Gasteiger partial charge in [0.25, 0.3) is 0 Å². The number of nitrogen functional groups attached to an aromatic ring is 1. The van der Waals surface area contributed by atoms with Gasteiger partial charge in [-0.2, -0.15) is 5.10 Å². The molecule has 1 aromatic carbocycles. The highest BCUT2D eigenvalue weighted by Gasteiger charge is 2.07. The van der Waals surface area contributed by atoms with E-state index >= 15 is 0 Å². The van der Waals surface area contributed by atoms with Crippen LogP contribution in [0, 0.1) is 5.41 Å². The molecular weight excluding hydrogens is 212 g/mol. The topological polar surface area (TPSA) is 67.7 Å². The Balaban J connectivity index is 2.57. The number of amidine groups is 1.